The zero-order valence-corrected chi connectivity index (χ0v) is 21.0. The Bertz CT molecular complexity index is 1270. The highest BCUT2D eigenvalue weighted by atomic mass is 32.2. The second kappa shape index (κ2) is 9.79. The highest BCUT2D eigenvalue weighted by Gasteiger charge is 2.28. The van der Waals surface area contributed by atoms with E-state index in [4.69, 9.17) is 0 Å². The predicted octanol–water partition coefficient (Wildman–Crippen LogP) is 5.30. The van der Waals surface area contributed by atoms with Gasteiger partial charge in [-0.05, 0) is 87.6 Å². The Morgan fingerprint density at radius 1 is 0.848 bits per heavy atom. The van der Waals surface area contributed by atoms with Crippen LogP contribution in [0.4, 0.5) is 5.69 Å². The van der Waals surface area contributed by atoms with Crippen molar-refractivity contribution in [3.05, 3.63) is 94.0 Å². The van der Waals surface area contributed by atoms with Crippen molar-refractivity contribution in [3.8, 4) is 0 Å². The van der Waals surface area contributed by atoms with Gasteiger partial charge in [0.2, 0.25) is 5.91 Å². The van der Waals surface area contributed by atoms with Gasteiger partial charge in [0.25, 0.3) is 10.0 Å². The molecule has 0 unspecified atom stereocenters. The molecule has 0 aliphatic rings. The molecule has 1 N–H and O–H groups in total. The summed E-state index contributed by atoms with van der Waals surface area (Å²) in [6, 6.07) is 17.8. The van der Waals surface area contributed by atoms with Gasteiger partial charge in [-0.2, -0.15) is 0 Å². The molecule has 1 amide bonds. The van der Waals surface area contributed by atoms with Crippen LogP contribution in [-0.2, 0) is 14.8 Å². The third-order valence-electron chi connectivity index (χ3n) is 6.01. The molecule has 6 heteroatoms. The zero-order valence-electron chi connectivity index (χ0n) is 20.1. The molecule has 0 saturated carbocycles. The van der Waals surface area contributed by atoms with Gasteiger partial charge in [0.1, 0.15) is 6.54 Å². The van der Waals surface area contributed by atoms with Crippen LogP contribution in [-0.4, -0.2) is 20.9 Å². The first-order chi connectivity index (χ1) is 15.5. The summed E-state index contributed by atoms with van der Waals surface area (Å²) in [7, 11) is -3.94. The van der Waals surface area contributed by atoms with Crippen LogP contribution < -0.4 is 9.62 Å². The standard InChI is InChI=1S/C27H32N2O3S/c1-18-11-13-24(14-12-18)33(31,32)29(26-10-8-7-9-19(26)2)17-27(30)28-23(6)25-16-21(4)20(3)15-22(25)5/h7-16,23H,17H2,1-6H3,(H,28,30)/t23-/m0/s1. The van der Waals surface area contributed by atoms with Gasteiger partial charge in [0.05, 0.1) is 16.6 Å². The number of nitrogens with zero attached hydrogens (tertiary/aromatic N) is 1. The second-order valence-corrected chi connectivity index (χ2v) is 10.6. The SMILES string of the molecule is Cc1ccc(S(=O)(=O)N(CC(=O)N[C@@H](C)c2cc(C)c(C)cc2C)c2ccccc2C)cc1. The number of carbonyl (C=O) groups excluding carboxylic acids is 1. The van der Waals surface area contributed by atoms with Crippen LogP contribution >= 0.6 is 0 Å². The van der Waals surface area contributed by atoms with Gasteiger partial charge in [0.15, 0.2) is 0 Å². The third-order valence-corrected chi connectivity index (χ3v) is 7.78. The smallest absolute Gasteiger partial charge is 0.264 e. The van der Waals surface area contributed by atoms with E-state index in [1.165, 1.54) is 9.87 Å². The molecule has 0 aliphatic carbocycles. The maximum atomic E-state index is 13.6. The lowest BCUT2D eigenvalue weighted by Crippen LogP contribution is -2.42. The number of aryl methyl sites for hydroxylation is 5. The lowest BCUT2D eigenvalue weighted by molar-refractivity contribution is -0.120. The molecule has 5 nitrogen and oxygen atoms in total. The number of para-hydroxylation sites is 1. The number of hydrogen-bond acceptors (Lipinski definition) is 3. The molecule has 3 rings (SSSR count). The van der Waals surface area contributed by atoms with Gasteiger partial charge < -0.3 is 5.32 Å². The molecule has 174 valence electrons. The fourth-order valence-electron chi connectivity index (χ4n) is 3.93. The van der Waals surface area contributed by atoms with E-state index < -0.39 is 10.0 Å². The second-order valence-electron chi connectivity index (χ2n) is 8.69. The molecule has 0 aliphatic heterocycles. The minimum absolute atomic E-state index is 0.155. The average Bonchev–Trinajstić information content (AvgIpc) is 2.75. The number of anilines is 1. The third kappa shape index (κ3) is 5.45. The van der Waals surface area contributed by atoms with Crippen LogP contribution in [0.1, 0.15) is 46.3 Å². The minimum atomic E-state index is -3.94. The summed E-state index contributed by atoms with van der Waals surface area (Å²) >= 11 is 0. The summed E-state index contributed by atoms with van der Waals surface area (Å²) in [5.41, 5.74) is 6.70. The molecular formula is C27H32N2O3S. The number of sulfonamides is 1. The first-order valence-corrected chi connectivity index (χ1v) is 12.5. The normalized spacial score (nSPS) is 12.3. The molecular weight excluding hydrogens is 432 g/mol. The van der Waals surface area contributed by atoms with Gasteiger partial charge in [-0.15, -0.1) is 0 Å². The number of hydrogen-bond donors (Lipinski definition) is 1. The quantitative estimate of drug-likeness (QED) is 0.516. The first-order valence-electron chi connectivity index (χ1n) is 11.0. The summed E-state index contributed by atoms with van der Waals surface area (Å²) in [6.45, 7) is 11.5. The summed E-state index contributed by atoms with van der Waals surface area (Å²) in [5, 5.41) is 2.99. The van der Waals surface area contributed by atoms with E-state index in [9.17, 15) is 13.2 Å². The van der Waals surface area contributed by atoms with Gasteiger partial charge in [-0.1, -0.05) is 48.0 Å². The zero-order chi connectivity index (χ0) is 24.3. The summed E-state index contributed by atoms with van der Waals surface area (Å²) in [6.07, 6.45) is 0. The molecule has 3 aromatic carbocycles. The van der Waals surface area contributed by atoms with E-state index in [2.05, 4.69) is 24.4 Å². The van der Waals surface area contributed by atoms with Crippen molar-refractivity contribution in [3.63, 3.8) is 0 Å². The van der Waals surface area contributed by atoms with Crippen molar-refractivity contribution in [2.75, 3.05) is 10.8 Å². The van der Waals surface area contributed by atoms with Crippen LogP contribution in [0.25, 0.3) is 0 Å². The predicted molar refractivity (Wildman–Crippen MR) is 134 cm³/mol. The molecule has 0 saturated heterocycles. The van der Waals surface area contributed by atoms with Crippen molar-refractivity contribution >= 4 is 21.6 Å². The number of nitrogens with one attached hydrogen (secondary N) is 1. The maximum absolute atomic E-state index is 13.6. The van der Waals surface area contributed by atoms with E-state index in [1.807, 2.05) is 46.8 Å². The molecule has 0 radical (unpaired) electrons. The fraction of sp³-hybridized carbons (Fsp3) is 0.296. The monoisotopic (exact) mass is 464 g/mol. The van der Waals surface area contributed by atoms with E-state index in [0.717, 1.165) is 27.8 Å². The Morgan fingerprint density at radius 2 is 1.45 bits per heavy atom. The minimum Gasteiger partial charge on any atom is -0.348 e. The van der Waals surface area contributed by atoms with Crippen LogP contribution in [0.2, 0.25) is 0 Å². The topological polar surface area (TPSA) is 66.5 Å². The Labute approximate surface area is 197 Å². The highest BCUT2D eigenvalue weighted by Crippen LogP contribution is 2.27. The number of benzene rings is 3. The maximum Gasteiger partial charge on any atom is 0.264 e. The number of carbonyl (C=O) groups is 1. The summed E-state index contributed by atoms with van der Waals surface area (Å²) < 4.78 is 28.3. The molecule has 1 atom stereocenters. The van der Waals surface area contributed by atoms with Gasteiger partial charge >= 0.3 is 0 Å². The summed E-state index contributed by atoms with van der Waals surface area (Å²) in [5.74, 6) is -0.362. The van der Waals surface area contributed by atoms with E-state index in [0.29, 0.717) is 5.69 Å². The lowest BCUT2D eigenvalue weighted by atomic mass is 9.96. The Balaban J connectivity index is 1.92. The molecule has 0 fully saturated rings. The van der Waals surface area contributed by atoms with Gasteiger partial charge in [-0.3, -0.25) is 9.10 Å². The van der Waals surface area contributed by atoms with Gasteiger partial charge in [0, 0.05) is 0 Å². The Hall–Kier alpha value is -3.12. The van der Waals surface area contributed by atoms with Crippen molar-refractivity contribution < 1.29 is 13.2 Å². The van der Waals surface area contributed by atoms with E-state index in [-0.39, 0.29) is 23.4 Å². The molecule has 3 aromatic rings. The van der Waals surface area contributed by atoms with E-state index in [1.54, 1.807) is 36.4 Å². The largest absolute Gasteiger partial charge is 0.348 e. The van der Waals surface area contributed by atoms with Crippen LogP contribution in [0.5, 0.6) is 0 Å². The van der Waals surface area contributed by atoms with E-state index >= 15 is 0 Å². The molecule has 0 spiro atoms. The molecule has 0 aromatic heterocycles. The molecule has 33 heavy (non-hydrogen) atoms. The van der Waals surface area contributed by atoms with Crippen molar-refractivity contribution in [2.45, 2.75) is 52.5 Å². The van der Waals surface area contributed by atoms with Gasteiger partial charge in [-0.25, -0.2) is 8.42 Å². The fourth-order valence-corrected chi connectivity index (χ4v) is 5.41. The lowest BCUT2D eigenvalue weighted by Gasteiger charge is -2.27. The summed E-state index contributed by atoms with van der Waals surface area (Å²) in [4.78, 5) is 13.3. The average molecular weight is 465 g/mol. The number of amides is 1. The van der Waals surface area contributed by atoms with Crippen molar-refractivity contribution in [1.29, 1.82) is 0 Å². The molecule has 0 heterocycles. The number of rotatable bonds is 7. The Kier molecular flexibility index (Phi) is 7.28. The first kappa shape index (κ1) is 24.5. The molecule has 0 bridgehead atoms. The van der Waals surface area contributed by atoms with Crippen LogP contribution in [0.15, 0.2) is 65.6 Å². The highest BCUT2D eigenvalue weighted by molar-refractivity contribution is 7.92. The van der Waals surface area contributed by atoms with Crippen molar-refractivity contribution in [1.82, 2.24) is 5.32 Å². The van der Waals surface area contributed by atoms with Crippen LogP contribution in [0.3, 0.4) is 0 Å². The van der Waals surface area contributed by atoms with Crippen LogP contribution in [0, 0.1) is 34.6 Å². The Morgan fingerprint density at radius 3 is 2.09 bits per heavy atom. The van der Waals surface area contributed by atoms with Crippen molar-refractivity contribution in [2.24, 2.45) is 0 Å².